The van der Waals surface area contributed by atoms with E-state index in [0.717, 1.165) is 39.8 Å². The molecule has 0 aliphatic rings. The largest absolute Gasteiger partial charge is 0.383 e. The van der Waals surface area contributed by atoms with Gasteiger partial charge in [-0.1, -0.05) is 18.5 Å². The van der Waals surface area contributed by atoms with Crippen LogP contribution in [-0.4, -0.2) is 34.5 Å². The molecule has 5 rings (SSSR count). The molecule has 4 heterocycles. The van der Waals surface area contributed by atoms with Gasteiger partial charge in [-0.05, 0) is 43.7 Å². The lowest BCUT2D eigenvalue weighted by molar-refractivity contribution is 0.505. The zero-order valence-corrected chi connectivity index (χ0v) is 17.2. The summed E-state index contributed by atoms with van der Waals surface area (Å²) in [6, 6.07) is 9.50. The number of anilines is 1. The molecule has 1 aromatic carbocycles. The van der Waals surface area contributed by atoms with Gasteiger partial charge >= 0.3 is 0 Å². The number of halogens is 1. The molecule has 0 saturated heterocycles. The third kappa shape index (κ3) is 2.80. The first-order valence-electron chi connectivity index (χ1n) is 9.62. The number of hydrogen-bond donors (Lipinski definition) is 1. The summed E-state index contributed by atoms with van der Waals surface area (Å²) in [6.45, 7) is 4.01. The number of pyridine rings is 1. The van der Waals surface area contributed by atoms with Gasteiger partial charge in [-0.15, -0.1) is 0 Å². The number of rotatable bonds is 4. The van der Waals surface area contributed by atoms with Gasteiger partial charge in [0.05, 0.1) is 40.2 Å². The molecule has 8 nitrogen and oxygen atoms in total. The number of fused-ring (bicyclic) bond motifs is 2. The lowest BCUT2D eigenvalue weighted by atomic mass is 10.1. The number of nitrogen functional groups attached to an aromatic ring is 1. The zero-order valence-electron chi connectivity index (χ0n) is 16.5. The SMILES string of the molecule is CCC(c1nn(-c2cccnc2)c2cc(Cl)ccc12)n1nc(C)c2c(N)ncnc21. The Bertz CT molecular complexity index is 1370. The molecule has 0 radical (unpaired) electrons. The standard InChI is InChI=1S/C21H19ClN8/c1-3-16(30-21-18(12(2)27-30)20(23)25-11-26-21)19-15-7-6-13(22)9-17(15)29(28-19)14-5-4-8-24-10-14/h4-11,16H,3H2,1-2H3,(H2,23,25,26). The van der Waals surface area contributed by atoms with Gasteiger partial charge in [0.15, 0.2) is 5.65 Å². The predicted octanol–water partition coefficient (Wildman–Crippen LogP) is 4.10. The van der Waals surface area contributed by atoms with Gasteiger partial charge in [0.2, 0.25) is 0 Å². The predicted molar refractivity (Wildman–Crippen MR) is 117 cm³/mol. The van der Waals surface area contributed by atoms with Crippen molar-refractivity contribution in [2.45, 2.75) is 26.3 Å². The molecule has 0 spiro atoms. The van der Waals surface area contributed by atoms with Crippen molar-refractivity contribution in [2.24, 2.45) is 0 Å². The Morgan fingerprint density at radius 2 is 2.03 bits per heavy atom. The van der Waals surface area contributed by atoms with Crippen molar-refractivity contribution in [1.29, 1.82) is 0 Å². The fraction of sp³-hybridized carbons (Fsp3) is 0.190. The molecule has 0 fully saturated rings. The molecule has 0 amide bonds. The molecule has 0 aliphatic heterocycles. The summed E-state index contributed by atoms with van der Waals surface area (Å²) in [5.74, 6) is 0.427. The van der Waals surface area contributed by atoms with Crippen LogP contribution in [0.5, 0.6) is 0 Å². The van der Waals surface area contributed by atoms with E-state index < -0.39 is 0 Å². The van der Waals surface area contributed by atoms with Gasteiger partial charge in [-0.2, -0.15) is 10.2 Å². The van der Waals surface area contributed by atoms with Gasteiger partial charge in [-0.25, -0.2) is 19.3 Å². The van der Waals surface area contributed by atoms with Crippen molar-refractivity contribution in [1.82, 2.24) is 34.5 Å². The fourth-order valence-electron chi connectivity index (χ4n) is 3.90. The molecule has 150 valence electrons. The highest BCUT2D eigenvalue weighted by atomic mass is 35.5. The Balaban J connectivity index is 1.78. The molecular formula is C21H19ClN8. The second kappa shape index (κ2) is 7.07. The Morgan fingerprint density at radius 1 is 1.17 bits per heavy atom. The normalized spacial score (nSPS) is 12.6. The maximum absolute atomic E-state index is 6.31. The number of aromatic nitrogens is 7. The number of nitrogens with zero attached hydrogens (tertiary/aromatic N) is 7. The topological polar surface area (TPSA) is 100 Å². The molecule has 30 heavy (non-hydrogen) atoms. The monoisotopic (exact) mass is 418 g/mol. The van der Waals surface area contributed by atoms with E-state index in [9.17, 15) is 0 Å². The van der Waals surface area contributed by atoms with Crippen LogP contribution in [0.4, 0.5) is 5.82 Å². The number of nitrogens with two attached hydrogens (primary N) is 1. The van der Waals surface area contributed by atoms with E-state index in [1.165, 1.54) is 6.33 Å². The third-order valence-corrected chi connectivity index (χ3v) is 5.49. The number of benzene rings is 1. The van der Waals surface area contributed by atoms with E-state index in [1.54, 1.807) is 12.4 Å². The van der Waals surface area contributed by atoms with Crippen molar-refractivity contribution < 1.29 is 0 Å². The van der Waals surface area contributed by atoms with Gasteiger partial charge in [0.1, 0.15) is 12.1 Å². The second-order valence-corrected chi connectivity index (χ2v) is 7.52. The van der Waals surface area contributed by atoms with Gasteiger partial charge in [0.25, 0.3) is 0 Å². The van der Waals surface area contributed by atoms with Crippen LogP contribution >= 0.6 is 11.6 Å². The van der Waals surface area contributed by atoms with Crippen molar-refractivity contribution in [2.75, 3.05) is 5.73 Å². The van der Waals surface area contributed by atoms with E-state index in [-0.39, 0.29) is 6.04 Å². The first kappa shape index (κ1) is 18.5. The Labute approximate surface area is 177 Å². The van der Waals surface area contributed by atoms with Crippen LogP contribution in [0, 0.1) is 6.92 Å². The Kier molecular flexibility index (Phi) is 4.36. The fourth-order valence-corrected chi connectivity index (χ4v) is 4.07. The molecule has 4 aromatic heterocycles. The maximum Gasteiger partial charge on any atom is 0.164 e. The first-order valence-corrected chi connectivity index (χ1v) is 10.00. The first-order chi connectivity index (χ1) is 14.6. The summed E-state index contributed by atoms with van der Waals surface area (Å²) in [5.41, 5.74) is 10.2. The van der Waals surface area contributed by atoms with Gasteiger partial charge in [-0.3, -0.25) is 4.98 Å². The maximum atomic E-state index is 6.31. The average Bonchev–Trinajstić information content (AvgIpc) is 3.28. The molecule has 1 atom stereocenters. The minimum atomic E-state index is -0.142. The highest BCUT2D eigenvalue weighted by Crippen LogP contribution is 2.34. The summed E-state index contributed by atoms with van der Waals surface area (Å²) < 4.78 is 3.76. The summed E-state index contributed by atoms with van der Waals surface area (Å²) >= 11 is 6.31. The van der Waals surface area contributed by atoms with Crippen LogP contribution in [0.25, 0.3) is 27.6 Å². The van der Waals surface area contributed by atoms with Crippen molar-refractivity contribution in [3.05, 3.63) is 65.5 Å². The summed E-state index contributed by atoms with van der Waals surface area (Å²) in [7, 11) is 0. The number of aryl methyl sites for hydroxylation is 1. The Morgan fingerprint density at radius 3 is 2.80 bits per heavy atom. The van der Waals surface area contributed by atoms with E-state index in [4.69, 9.17) is 27.5 Å². The van der Waals surface area contributed by atoms with Crippen molar-refractivity contribution >= 4 is 39.4 Å². The lowest BCUT2D eigenvalue weighted by Gasteiger charge is -2.14. The Hall–Kier alpha value is -3.52. The average molecular weight is 419 g/mol. The zero-order chi connectivity index (χ0) is 20.8. The van der Waals surface area contributed by atoms with Crippen LogP contribution in [-0.2, 0) is 0 Å². The number of hydrogen-bond acceptors (Lipinski definition) is 6. The lowest BCUT2D eigenvalue weighted by Crippen LogP contribution is -2.13. The summed E-state index contributed by atoms with van der Waals surface area (Å²) in [6.07, 6.45) is 5.75. The molecule has 0 aliphatic carbocycles. The van der Waals surface area contributed by atoms with E-state index in [1.807, 2.05) is 46.6 Å². The summed E-state index contributed by atoms with van der Waals surface area (Å²) in [4.78, 5) is 12.8. The molecule has 5 aromatic rings. The van der Waals surface area contributed by atoms with Gasteiger partial charge in [0, 0.05) is 16.6 Å². The molecule has 0 saturated carbocycles. The van der Waals surface area contributed by atoms with Gasteiger partial charge < -0.3 is 5.73 Å². The highest BCUT2D eigenvalue weighted by molar-refractivity contribution is 6.31. The molecule has 9 heteroatoms. The minimum Gasteiger partial charge on any atom is -0.383 e. The molecular weight excluding hydrogens is 400 g/mol. The smallest absolute Gasteiger partial charge is 0.164 e. The van der Waals surface area contributed by atoms with Crippen LogP contribution in [0.3, 0.4) is 0 Å². The van der Waals surface area contributed by atoms with Crippen LogP contribution in [0.2, 0.25) is 5.02 Å². The van der Waals surface area contributed by atoms with Crippen LogP contribution < -0.4 is 5.73 Å². The molecule has 1 unspecified atom stereocenters. The van der Waals surface area contributed by atoms with E-state index in [0.29, 0.717) is 16.5 Å². The second-order valence-electron chi connectivity index (χ2n) is 7.08. The highest BCUT2D eigenvalue weighted by Gasteiger charge is 2.25. The van der Waals surface area contributed by atoms with E-state index in [2.05, 4.69) is 21.9 Å². The molecule has 2 N–H and O–H groups in total. The van der Waals surface area contributed by atoms with Crippen molar-refractivity contribution in [3.8, 4) is 5.69 Å². The van der Waals surface area contributed by atoms with Crippen molar-refractivity contribution in [3.63, 3.8) is 0 Å². The summed E-state index contributed by atoms with van der Waals surface area (Å²) in [5, 5.41) is 12.1. The molecule has 0 bridgehead atoms. The minimum absolute atomic E-state index is 0.142. The van der Waals surface area contributed by atoms with E-state index >= 15 is 0 Å². The van der Waals surface area contributed by atoms with Crippen LogP contribution in [0.15, 0.2) is 49.1 Å². The van der Waals surface area contributed by atoms with Crippen LogP contribution in [0.1, 0.15) is 30.8 Å². The quantitative estimate of drug-likeness (QED) is 0.471. The third-order valence-electron chi connectivity index (χ3n) is 5.25.